The molecule has 0 spiro atoms. The second-order valence-electron chi connectivity index (χ2n) is 6.64. The van der Waals surface area contributed by atoms with Gasteiger partial charge in [-0.2, -0.15) is 0 Å². The van der Waals surface area contributed by atoms with Crippen molar-refractivity contribution in [1.82, 2.24) is 4.72 Å². The summed E-state index contributed by atoms with van der Waals surface area (Å²) in [6.07, 6.45) is 3.81. The van der Waals surface area contributed by atoms with Gasteiger partial charge in [-0.1, -0.05) is 39.3 Å². The van der Waals surface area contributed by atoms with Gasteiger partial charge in [-0.3, -0.25) is 0 Å². The molecule has 1 saturated carbocycles. The fourth-order valence-electron chi connectivity index (χ4n) is 2.95. The van der Waals surface area contributed by atoms with Gasteiger partial charge in [0, 0.05) is 12.1 Å². The molecule has 0 amide bonds. The molecule has 5 heteroatoms. The van der Waals surface area contributed by atoms with Crippen LogP contribution in [0.15, 0.2) is 29.2 Å². The molecule has 1 aromatic rings. The zero-order valence-corrected chi connectivity index (χ0v) is 13.9. The summed E-state index contributed by atoms with van der Waals surface area (Å²) in [5.41, 5.74) is 6.88. The minimum absolute atomic E-state index is 0.00556. The van der Waals surface area contributed by atoms with Crippen LogP contribution in [-0.2, 0) is 10.0 Å². The molecule has 2 rings (SSSR count). The molecule has 1 aliphatic rings. The van der Waals surface area contributed by atoms with E-state index in [4.69, 9.17) is 5.73 Å². The van der Waals surface area contributed by atoms with Gasteiger partial charge in [-0.05, 0) is 42.4 Å². The van der Waals surface area contributed by atoms with Crippen LogP contribution in [-0.4, -0.2) is 14.5 Å². The topological polar surface area (TPSA) is 72.2 Å². The van der Waals surface area contributed by atoms with Gasteiger partial charge < -0.3 is 5.73 Å². The van der Waals surface area contributed by atoms with Gasteiger partial charge in [0.05, 0.1) is 4.90 Å². The number of nitrogens with two attached hydrogens (primary N) is 1. The molecule has 1 aromatic carbocycles. The van der Waals surface area contributed by atoms with Crippen molar-refractivity contribution in [3.63, 3.8) is 0 Å². The molecule has 1 aliphatic carbocycles. The summed E-state index contributed by atoms with van der Waals surface area (Å²) in [7, 11) is -3.48. The Bertz CT molecular complexity index is 596. The lowest BCUT2D eigenvalue weighted by Gasteiger charge is -2.27. The minimum Gasteiger partial charge on any atom is -0.324 e. The Kier molecular flexibility index (Phi) is 4.76. The average Bonchev–Trinajstić information content (AvgIpc) is 2.76. The Balaban J connectivity index is 2.24. The van der Waals surface area contributed by atoms with Gasteiger partial charge in [0.1, 0.15) is 0 Å². The van der Waals surface area contributed by atoms with Gasteiger partial charge in [0.15, 0.2) is 0 Å². The summed E-state index contributed by atoms with van der Waals surface area (Å²) >= 11 is 0. The van der Waals surface area contributed by atoms with Crippen molar-refractivity contribution in [1.29, 1.82) is 0 Å². The normalized spacial score (nSPS) is 23.1. The van der Waals surface area contributed by atoms with Crippen LogP contribution >= 0.6 is 0 Å². The Morgan fingerprint density at radius 2 is 2.14 bits per heavy atom. The molecule has 21 heavy (non-hydrogen) atoms. The summed E-state index contributed by atoms with van der Waals surface area (Å²) in [6, 6.07) is 6.86. The number of hydrogen-bond acceptors (Lipinski definition) is 3. The second-order valence-corrected chi connectivity index (χ2v) is 8.36. The lowest BCUT2D eigenvalue weighted by Crippen LogP contribution is -2.41. The third-order valence-corrected chi connectivity index (χ3v) is 6.06. The molecule has 0 radical (unpaired) electrons. The Morgan fingerprint density at radius 3 is 2.71 bits per heavy atom. The first-order chi connectivity index (χ1) is 9.76. The molecule has 1 fully saturated rings. The predicted octanol–water partition coefficient (Wildman–Crippen LogP) is 2.95. The van der Waals surface area contributed by atoms with Crippen molar-refractivity contribution in [2.75, 3.05) is 0 Å². The van der Waals surface area contributed by atoms with E-state index in [0.29, 0.717) is 4.90 Å². The maximum Gasteiger partial charge on any atom is 0.240 e. The molecule has 0 saturated heterocycles. The third-order valence-electron chi connectivity index (χ3n) is 4.59. The van der Waals surface area contributed by atoms with Gasteiger partial charge in [-0.15, -0.1) is 0 Å². The lowest BCUT2D eigenvalue weighted by molar-refractivity contribution is 0.313. The van der Waals surface area contributed by atoms with Gasteiger partial charge in [-0.25, -0.2) is 13.1 Å². The average molecular weight is 310 g/mol. The van der Waals surface area contributed by atoms with E-state index in [-0.39, 0.29) is 17.5 Å². The third kappa shape index (κ3) is 3.65. The molecule has 2 atom stereocenters. The first kappa shape index (κ1) is 16.5. The molecular weight excluding hydrogens is 284 g/mol. The zero-order valence-electron chi connectivity index (χ0n) is 13.1. The highest BCUT2D eigenvalue weighted by Crippen LogP contribution is 2.38. The second kappa shape index (κ2) is 6.07. The van der Waals surface area contributed by atoms with Gasteiger partial charge in [0.2, 0.25) is 10.0 Å². The van der Waals surface area contributed by atoms with Crippen LogP contribution in [0.1, 0.15) is 58.1 Å². The van der Waals surface area contributed by atoms with E-state index < -0.39 is 10.0 Å². The first-order valence-corrected chi connectivity index (χ1v) is 9.12. The fraction of sp³-hybridized carbons (Fsp3) is 0.625. The quantitative estimate of drug-likeness (QED) is 0.878. The van der Waals surface area contributed by atoms with Crippen LogP contribution in [0.5, 0.6) is 0 Å². The van der Waals surface area contributed by atoms with Crippen molar-refractivity contribution in [2.45, 2.75) is 63.4 Å². The van der Waals surface area contributed by atoms with E-state index in [1.54, 1.807) is 18.2 Å². The SMILES string of the molecule is CCC(N)c1cccc(S(=O)(=O)NC2CCCC2(C)C)c1. The van der Waals surface area contributed by atoms with E-state index in [9.17, 15) is 8.42 Å². The molecule has 0 heterocycles. The number of sulfonamides is 1. The highest BCUT2D eigenvalue weighted by atomic mass is 32.2. The lowest BCUT2D eigenvalue weighted by atomic mass is 9.88. The molecule has 0 bridgehead atoms. The van der Waals surface area contributed by atoms with Crippen LogP contribution in [0.3, 0.4) is 0 Å². The minimum atomic E-state index is -3.48. The maximum absolute atomic E-state index is 12.6. The standard InChI is InChI=1S/C16H26N2O2S/c1-4-14(17)12-7-5-8-13(11-12)21(19,20)18-15-9-6-10-16(15,2)3/h5,7-8,11,14-15,18H,4,6,9-10,17H2,1-3H3. The smallest absolute Gasteiger partial charge is 0.240 e. The summed E-state index contributed by atoms with van der Waals surface area (Å²) in [6.45, 7) is 6.23. The molecular formula is C16H26N2O2S. The number of nitrogens with one attached hydrogen (secondary N) is 1. The summed E-state index contributed by atoms with van der Waals surface area (Å²) < 4.78 is 28.1. The highest BCUT2D eigenvalue weighted by molar-refractivity contribution is 7.89. The van der Waals surface area contributed by atoms with Crippen molar-refractivity contribution in [3.8, 4) is 0 Å². The summed E-state index contributed by atoms with van der Waals surface area (Å²) in [4.78, 5) is 0.312. The molecule has 2 unspecified atom stereocenters. The molecule has 4 nitrogen and oxygen atoms in total. The highest BCUT2D eigenvalue weighted by Gasteiger charge is 2.37. The van der Waals surface area contributed by atoms with Crippen LogP contribution in [0, 0.1) is 5.41 Å². The van der Waals surface area contributed by atoms with E-state index in [1.165, 1.54) is 0 Å². The van der Waals surface area contributed by atoms with E-state index in [0.717, 1.165) is 31.2 Å². The maximum atomic E-state index is 12.6. The Morgan fingerprint density at radius 1 is 1.43 bits per heavy atom. The molecule has 3 N–H and O–H groups in total. The van der Waals surface area contributed by atoms with Gasteiger partial charge in [0.25, 0.3) is 0 Å². The fourth-order valence-corrected chi connectivity index (χ4v) is 4.45. The van der Waals surface area contributed by atoms with Crippen molar-refractivity contribution < 1.29 is 8.42 Å². The Labute approximate surface area is 128 Å². The predicted molar refractivity (Wildman–Crippen MR) is 85.4 cm³/mol. The van der Waals surface area contributed by atoms with Crippen LogP contribution in [0.25, 0.3) is 0 Å². The van der Waals surface area contributed by atoms with Crippen molar-refractivity contribution in [3.05, 3.63) is 29.8 Å². The number of rotatable bonds is 5. The van der Waals surface area contributed by atoms with Crippen LogP contribution in [0.2, 0.25) is 0 Å². The zero-order chi connectivity index (χ0) is 15.7. The molecule has 0 aromatic heterocycles. The molecule has 0 aliphatic heterocycles. The number of benzene rings is 1. The van der Waals surface area contributed by atoms with E-state index in [2.05, 4.69) is 18.6 Å². The van der Waals surface area contributed by atoms with E-state index >= 15 is 0 Å². The summed E-state index contributed by atoms with van der Waals surface area (Å²) in [5, 5.41) is 0. The summed E-state index contributed by atoms with van der Waals surface area (Å²) in [5.74, 6) is 0. The molecule has 118 valence electrons. The first-order valence-electron chi connectivity index (χ1n) is 7.64. The van der Waals surface area contributed by atoms with Crippen molar-refractivity contribution >= 4 is 10.0 Å². The van der Waals surface area contributed by atoms with Crippen molar-refractivity contribution in [2.24, 2.45) is 11.1 Å². The van der Waals surface area contributed by atoms with Crippen LogP contribution in [0.4, 0.5) is 0 Å². The largest absolute Gasteiger partial charge is 0.324 e. The number of hydrogen-bond donors (Lipinski definition) is 2. The van der Waals surface area contributed by atoms with E-state index in [1.807, 2.05) is 13.0 Å². The van der Waals surface area contributed by atoms with Gasteiger partial charge >= 0.3 is 0 Å². The van der Waals surface area contributed by atoms with Crippen LogP contribution < -0.4 is 10.5 Å². The Hall–Kier alpha value is -0.910. The monoisotopic (exact) mass is 310 g/mol.